The zero-order valence-corrected chi connectivity index (χ0v) is 4.94. The van der Waals surface area contributed by atoms with Gasteiger partial charge in [0.1, 0.15) is 5.78 Å². The average molecular weight is 110 g/mol. The van der Waals surface area contributed by atoms with E-state index in [4.69, 9.17) is 0 Å². The molecule has 0 bridgehead atoms. The lowest BCUT2D eigenvalue weighted by atomic mass is 10.1. The molecule has 0 amide bonds. The molecule has 2 fully saturated rings. The van der Waals surface area contributed by atoms with Crippen LogP contribution in [0.5, 0.6) is 0 Å². The second kappa shape index (κ2) is 1.15. The summed E-state index contributed by atoms with van der Waals surface area (Å²) in [6.07, 6.45) is 5.64. The van der Waals surface area contributed by atoms with Gasteiger partial charge in [0.25, 0.3) is 0 Å². The van der Waals surface area contributed by atoms with Crippen molar-refractivity contribution < 1.29 is 4.79 Å². The lowest BCUT2D eigenvalue weighted by Crippen LogP contribution is -2.04. The van der Waals surface area contributed by atoms with Crippen molar-refractivity contribution in [3.63, 3.8) is 0 Å². The Labute approximate surface area is 49.1 Å². The van der Waals surface area contributed by atoms with Gasteiger partial charge in [-0.25, -0.2) is 0 Å². The lowest BCUT2D eigenvalue weighted by Gasteiger charge is -1.97. The maximum atomic E-state index is 11.0. The number of carbonyl (C=O) groups excluding carboxylic acids is 1. The highest BCUT2D eigenvalue weighted by molar-refractivity contribution is 5.89. The largest absolute Gasteiger partial charge is 0.299 e. The molecular formula is C7H10O. The molecule has 0 N–H and O–H groups in total. The fourth-order valence-corrected chi connectivity index (χ4v) is 1.67. The van der Waals surface area contributed by atoms with Crippen molar-refractivity contribution in [3.8, 4) is 0 Å². The van der Waals surface area contributed by atoms with Crippen molar-refractivity contribution in [1.29, 1.82) is 0 Å². The summed E-state index contributed by atoms with van der Waals surface area (Å²) in [6.45, 7) is 0. The molecule has 0 saturated heterocycles. The van der Waals surface area contributed by atoms with Crippen LogP contribution in [0.3, 0.4) is 0 Å². The molecule has 1 nitrogen and oxygen atoms in total. The zero-order chi connectivity index (χ0) is 5.61. The molecular weight excluding hydrogens is 100 g/mol. The summed E-state index contributed by atoms with van der Waals surface area (Å²) in [5, 5.41) is 0. The second-order valence-corrected chi connectivity index (χ2v) is 3.06. The molecule has 0 aliphatic heterocycles. The molecule has 0 heterocycles. The maximum Gasteiger partial charge on any atom is 0.139 e. The van der Waals surface area contributed by atoms with Crippen LogP contribution in [-0.4, -0.2) is 5.78 Å². The highest BCUT2D eigenvalue weighted by Gasteiger charge is 2.51. The van der Waals surface area contributed by atoms with E-state index in [9.17, 15) is 4.79 Å². The summed E-state index contributed by atoms with van der Waals surface area (Å²) in [6, 6.07) is 0. The van der Waals surface area contributed by atoms with Crippen molar-refractivity contribution in [2.24, 2.45) is 5.41 Å². The molecule has 1 heteroatoms. The second-order valence-electron chi connectivity index (χ2n) is 3.06. The highest BCUT2D eigenvalue weighted by Crippen LogP contribution is 2.55. The topological polar surface area (TPSA) is 17.1 Å². The first-order chi connectivity index (χ1) is 3.83. The van der Waals surface area contributed by atoms with Gasteiger partial charge in [0.2, 0.25) is 0 Å². The Bertz CT molecular complexity index is 133. The van der Waals surface area contributed by atoms with Gasteiger partial charge in [-0.05, 0) is 25.7 Å². The van der Waals surface area contributed by atoms with Gasteiger partial charge in [-0.15, -0.1) is 0 Å². The van der Waals surface area contributed by atoms with Gasteiger partial charge in [-0.3, -0.25) is 4.79 Å². The molecule has 0 aromatic heterocycles. The van der Waals surface area contributed by atoms with Crippen LogP contribution in [0.2, 0.25) is 0 Å². The van der Waals surface area contributed by atoms with Crippen LogP contribution in [0.15, 0.2) is 0 Å². The van der Waals surface area contributed by atoms with Gasteiger partial charge >= 0.3 is 0 Å². The number of hydrogen-bond acceptors (Lipinski definition) is 1. The Kier molecular flexibility index (Phi) is 0.651. The smallest absolute Gasteiger partial charge is 0.139 e. The van der Waals surface area contributed by atoms with Crippen LogP contribution in [-0.2, 0) is 4.79 Å². The Hall–Kier alpha value is -0.330. The molecule has 2 rings (SSSR count). The van der Waals surface area contributed by atoms with Crippen LogP contribution in [0.1, 0.15) is 32.1 Å². The quantitative estimate of drug-likeness (QED) is 0.462. The summed E-state index contributed by atoms with van der Waals surface area (Å²) < 4.78 is 0. The van der Waals surface area contributed by atoms with Gasteiger partial charge in [0.05, 0.1) is 0 Å². The van der Waals surface area contributed by atoms with E-state index >= 15 is 0 Å². The zero-order valence-electron chi connectivity index (χ0n) is 4.94. The average Bonchev–Trinajstić information content (AvgIpc) is 2.39. The van der Waals surface area contributed by atoms with Gasteiger partial charge in [0, 0.05) is 11.8 Å². The van der Waals surface area contributed by atoms with Crippen molar-refractivity contribution in [2.75, 3.05) is 0 Å². The van der Waals surface area contributed by atoms with E-state index in [1.54, 1.807) is 0 Å². The Morgan fingerprint density at radius 2 is 2.00 bits per heavy atom. The third kappa shape index (κ3) is 0.396. The number of carbonyl (C=O) groups is 1. The van der Waals surface area contributed by atoms with E-state index in [0.29, 0.717) is 5.78 Å². The molecule has 0 radical (unpaired) electrons. The molecule has 0 atom stereocenters. The molecule has 8 heavy (non-hydrogen) atoms. The van der Waals surface area contributed by atoms with Crippen LogP contribution in [0, 0.1) is 5.41 Å². The first-order valence-corrected chi connectivity index (χ1v) is 3.37. The molecule has 2 aliphatic rings. The monoisotopic (exact) mass is 110 g/mol. The molecule has 0 unspecified atom stereocenters. The number of Topliss-reactive ketones (excluding diaryl/α,β-unsaturated/α-hetero) is 1. The third-order valence-corrected chi connectivity index (χ3v) is 2.50. The summed E-state index contributed by atoms with van der Waals surface area (Å²) in [4.78, 5) is 11.0. The minimum Gasteiger partial charge on any atom is -0.299 e. The van der Waals surface area contributed by atoms with Gasteiger partial charge in [-0.1, -0.05) is 0 Å². The van der Waals surface area contributed by atoms with Crippen molar-refractivity contribution in [2.45, 2.75) is 32.1 Å². The first-order valence-electron chi connectivity index (χ1n) is 3.37. The van der Waals surface area contributed by atoms with Crippen molar-refractivity contribution in [1.82, 2.24) is 0 Å². The predicted molar refractivity (Wildman–Crippen MR) is 30.5 cm³/mol. The molecule has 2 aliphatic carbocycles. The minimum absolute atomic E-state index is 0.264. The van der Waals surface area contributed by atoms with Crippen molar-refractivity contribution >= 4 is 5.78 Å². The summed E-state index contributed by atoms with van der Waals surface area (Å²) in [7, 11) is 0. The fraction of sp³-hybridized carbons (Fsp3) is 0.857. The maximum absolute atomic E-state index is 11.0. The molecule has 0 aromatic rings. The first kappa shape index (κ1) is 4.54. The number of ketones is 1. The van der Waals surface area contributed by atoms with Gasteiger partial charge < -0.3 is 0 Å². The van der Waals surface area contributed by atoms with E-state index in [1.807, 2.05) is 0 Å². The standard InChI is InChI=1S/C7H10O/c8-6-2-1-3-7(6)4-5-7/h1-5H2. The summed E-state index contributed by atoms with van der Waals surface area (Å²) in [5.41, 5.74) is 0.264. The molecule has 1 spiro atoms. The number of rotatable bonds is 0. The lowest BCUT2D eigenvalue weighted by molar-refractivity contribution is -0.121. The molecule has 2 saturated carbocycles. The van der Waals surface area contributed by atoms with Gasteiger partial charge in [0.15, 0.2) is 0 Å². The van der Waals surface area contributed by atoms with Crippen LogP contribution < -0.4 is 0 Å². The van der Waals surface area contributed by atoms with E-state index in [1.165, 1.54) is 25.7 Å². The minimum atomic E-state index is 0.264. The molecule has 0 aromatic carbocycles. The summed E-state index contributed by atoms with van der Waals surface area (Å²) >= 11 is 0. The fourth-order valence-electron chi connectivity index (χ4n) is 1.67. The molecule has 44 valence electrons. The number of hydrogen-bond donors (Lipinski definition) is 0. The Balaban J connectivity index is 2.23. The van der Waals surface area contributed by atoms with E-state index in [0.717, 1.165) is 6.42 Å². The van der Waals surface area contributed by atoms with E-state index < -0.39 is 0 Å². The van der Waals surface area contributed by atoms with Crippen LogP contribution in [0.25, 0.3) is 0 Å². The predicted octanol–water partition coefficient (Wildman–Crippen LogP) is 1.52. The van der Waals surface area contributed by atoms with E-state index in [-0.39, 0.29) is 5.41 Å². The highest BCUT2D eigenvalue weighted by atomic mass is 16.1. The van der Waals surface area contributed by atoms with E-state index in [2.05, 4.69) is 0 Å². The van der Waals surface area contributed by atoms with Crippen LogP contribution >= 0.6 is 0 Å². The third-order valence-electron chi connectivity index (χ3n) is 2.50. The van der Waals surface area contributed by atoms with Crippen molar-refractivity contribution in [3.05, 3.63) is 0 Å². The van der Waals surface area contributed by atoms with Gasteiger partial charge in [-0.2, -0.15) is 0 Å². The Morgan fingerprint density at radius 3 is 2.25 bits per heavy atom. The Morgan fingerprint density at radius 1 is 1.25 bits per heavy atom. The SMILES string of the molecule is O=C1CCCC12CC2. The normalized spacial score (nSPS) is 31.8. The van der Waals surface area contributed by atoms with Crippen LogP contribution in [0.4, 0.5) is 0 Å². The summed E-state index contributed by atoms with van der Waals surface area (Å²) in [5.74, 6) is 0.553.